The first-order chi connectivity index (χ1) is 13.6. The Hall–Kier alpha value is -1.44. The van der Waals surface area contributed by atoms with Crippen molar-refractivity contribution in [2.45, 2.75) is 49.8 Å². The number of nitrogens with one attached hydrogen (secondary N) is 1. The van der Waals surface area contributed by atoms with E-state index < -0.39 is 10.0 Å². The highest BCUT2D eigenvalue weighted by molar-refractivity contribution is 7.89. The molecule has 7 heteroatoms. The van der Waals surface area contributed by atoms with E-state index in [4.69, 9.17) is 0 Å². The Balaban J connectivity index is 1.40. The van der Waals surface area contributed by atoms with Gasteiger partial charge >= 0.3 is 0 Å². The molecule has 2 aliphatic rings. The van der Waals surface area contributed by atoms with E-state index in [2.05, 4.69) is 10.2 Å². The lowest BCUT2D eigenvalue weighted by Crippen LogP contribution is -2.40. The zero-order chi connectivity index (χ0) is 19.8. The lowest BCUT2D eigenvalue weighted by Gasteiger charge is -2.32. The fraction of sp³-hybridized carbons (Fsp3) is 0.667. The van der Waals surface area contributed by atoms with E-state index >= 15 is 0 Å². The third-order valence-corrected chi connectivity index (χ3v) is 7.72. The average Bonchev–Trinajstić information content (AvgIpc) is 2.74. The molecule has 0 aromatic heterocycles. The van der Waals surface area contributed by atoms with Crippen molar-refractivity contribution < 1.29 is 13.2 Å². The summed E-state index contributed by atoms with van der Waals surface area (Å²) in [5, 5.41) is 3.02. The normalized spacial score (nSPS) is 22.1. The lowest BCUT2D eigenvalue weighted by atomic mass is 9.94. The molecule has 1 aromatic carbocycles. The molecule has 1 aromatic rings. The molecule has 1 unspecified atom stereocenters. The van der Waals surface area contributed by atoms with Gasteiger partial charge in [0.25, 0.3) is 0 Å². The van der Waals surface area contributed by atoms with E-state index in [0.29, 0.717) is 31.0 Å². The van der Waals surface area contributed by atoms with Gasteiger partial charge in [-0.05, 0) is 63.2 Å². The third kappa shape index (κ3) is 6.03. The summed E-state index contributed by atoms with van der Waals surface area (Å²) in [5.41, 5.74) is 0. The first-order valence-electron chi connectivity index (χ1n) is 10.6. The highest BCUT2D eigenvalue weighted by Gasteiger charge is 2.30. The van der Waals surface area contributed by atoms with Gasteiger partial charge in [0.1, 0.15) is 0 Å². The monoisotopic (exact) mass is 407 g/mol. The number of rotatable bonds is 8. The average molecular weight is 408 g/mol. The molecule has 0 bridgehead atoms. The number of amides is 1. The Labute approximate surface area is 169 Å². The molecule has 3 rings (SSSR count). The molecule has 2 aliphatic heterocycles. The van der Waals surface area contributed by atoms with Gasteiger partial charge < -0.3 is 10.2 Å². The van der Waals surface area contributed by atoms with Gasteiger partial charge in [-0.25, -0.2) is 8.42 Å². The van der Waals surface area contributed by atoms with Crippen LogP contribution < -0.4 is 5.32 Å². The second-order valence-electron chi connectivity index (χ2n) is 7.98. The van der Waals surface area contributed by atoms with E-state index in [1.807, 2.05) is 6.07 Å². The summed E-state index contributed by atoms with van der Waals surface area (Å²) in [5.74, 6) is 0.333. The molecule has 28 heavy (non-hydrogen) atoms. The molecule has 0 aliphatic carbocycles. The number of hydrogen-bond acceptors (Lipinski definition) is 4. The first-order valence-corrected chi connectivity index (χ1v) is 12.0. The summed E-state index contributed by atoms with van der Waals surface area (Å²) in [6, 6.07) is 8.62. The molecule has 0 saturated carbocycles. The topological polar surface area (TPSA) is 69.7 Å². The van der Waals surface area contributed by atoms with Crippen LogP contribution in [0.5, 0.6) is 0 Å². The Morgan fingerprint density at radius 3 is 2.54 bits per heavy atom. The van der Waals surface area contributed by atoms with Crippen LogP contribution in [0.1, 0.15) is 44.9 Å². The standard InChI is InChI=1S/C21H33N3O3S/c25-21(22-13-17-23-14-5-2-6-15-23)12-11-19-8-7-16-24(18-19)28(26,27)20-9-3-1-4-10-20/h1,3-4,9-10,19H,2,5-8,11-18H2,(H,22,25). The number of carbonyl (C=O) groups is 1. The largest absolute Gasteiger partial charge is 0.355 e. The van der Waals surface area contributed by atoms with Gasteiger partial charge in [0, 0.05) is 32.6 Å². The molecular weight excluding hydrogens is 374 g/mol. The number of benzene rings is 1. The number of piperidine rings is 2. The predicted octanol–water partition coefficient (Wildman–Crippen LogP) is 2.47. The maximum absolute atomic E-state index is 12.8. The summed E-state index contributed by atoms with van der Waals surface area (Å²) in [4.78, 5) is 14.9. The molecule has 2 fully saturated rings. The Kier molecular flexibility index (Phi) is 7.88. The smallest absolute Gasteiger partial charge is 0.243 e. The summed E-state index contributed by atoms with van der Waals surface area (Å²) in [7, 11) is -3.43. The number of nitrogens with zero attached hydrogens (tertiary/aromatic N) is 2. The van der Waals surface area contributed by atoms with Crippen LogP contribution in [0.4, 0.5) is 0 Å². The predicted molar refractivity (Wildman–Crippen MR) is 110 cm³/mol. The number of hydrogen-bond donors (Lipinski definition) is 1. The quantitative estimate of drug-likeness (QED) is 0.719. The molecule has 2 heterocycles. The SMILES string of the molecule is O=C(CCC1CCCN(S(=O)(=O)c2ccccc2)C1)NCCN1CCCCC1. The van der Waals surface area contributed by atoms with Gasteiger partial charge in [-0.2, -0.15) is 4.31 Å². The van der Waals surface area contributed by atoms with Crippen molar-refractivity contribution in [2.24, 2.45) is 5.92 Å². The van der Waals surface area contributed by atoms with Gasteiger partial charge in [-0.1, -0.05) is 24.6 Å². The Morgan fingerprint density at radius 1 is 1.04 bits per heavy atom. The van der Waals surface area contributed by atoms with Crippen molar-refractivity contribution in [2.75, 3.05) is 39.3 Å². The van der Waals surface area contributed by atoms with E-state index in [1.165, 1.54) is 19.3 Å². The fourth-order valence-corrected chi connectivity index (χ4v) is 5.76. The van der Waals surface area contributed by atoms with Gasteiger partial charge in [0.05, 0.1) is 4.90 Å². The van der Waals surface area contributed by atoms with E-state index in [-0.39, 0.29) is 11.8 Å². The van der Waals surface area contributed by atoms with Crippen LogP contribution in [0.25, 0.3) is 0 Å². The van der Waals surface area contributed by atoms with E-state index in [1.54, 1.807) is 28.6 Å². The Bertz CT molecular complexity index is 718. The Morgan fingerprint density at radius 2 is 1.79 bits per heavy atom. The highest BCUT2D eigenvalue weighted by atomic mass is 32.2. The van der Waals surface area contributed by atoms with E-state index in [0.717, 1.165) is 38.9 Å². The van der Waals surface area contributed by atoms with Crippen LogP contribution >= 0.6 is 0 Å². The fourth-order valence-electron chi connectivity index (χ4n) is 4.18. The maximum Gasteiger partial charge on any atom is 0.243 e. The molecule has 1 amide bonds. The minimum atomic E-state index is -3.43. The highest BCUT2D eigenvalue weighted by Crippen LogP contribution is 2.26. The van der Waals surface area contributed by atoms with Gasteiger partial charge in [-0.15, -0.1) is 0 Å². The molecule has 0 spiro atoms. The number of carbonyl (C=O) groups excluding carboxylic acids is 1. The summed E-state index contributed by atoms with van der Waals surface area (Å²) in [6.45, 7) is 5.00. The van der Waals surface area contributed by atoms with Crippen molar-refractivity contribution in [3.8, 4) is 0 Å². The zero-order valence-electron chi connectivity index (χ0n) is 16.7. The van der Waals surface area contributed by atoms with Crippen LogP contribution in [0, 0.1) is 5.92 Å². The molecule has 0 radical (unpaired) electrons. The minimum absolute atomic E-state index is 0.0834. The van der Waals surface area contributed by atoms with Crippen molar-refractivity contribution in [3.63, 3.8) is 0 Å². The van der Waals surface area contributed by atoms with Crippen molar-refractivity contribution in [1.82, 2.24) is 14.5 Å². The van der Waals surface area contributed by atoms with Crippen LogP contribution in [0.2, 0.25) is 0 Å². The molecule has 1 N–H and O–H groups in total. The number of likely N-dealkylation sites (tertiary alicyclic amines) is 1. The third-order valence-electron chi connectivity index (χ3n) is 5.84. The maximum atomic E-state index is 12.8. The minimum Gasteiger partial charge on any atom is -0.355 e. The second kappa shape index (κ2) is 10.4. The van der Waals surface area contributed by atoms with Crippen LogP contribution in [0.15, 0.2) is 35.2 Å². The van der Waals surface area contributed by atoms with Crippen LogP contribution in [-0.2, 0) is 14.8 Å². The zero-order valence-corrected chi connectivity index (χ0v) is 17.5. The molecule has 2 saturated heterocycles. The summed E-state index contributed by atoms with van der Waals surface area (Å²) in [6.07, 6.45) is 6.91. The summed E-state index contributed by atoms with van der Waals surface area (Å²) >= 11 is 0. The molecule has 1 atom stereocenters. The van der Waals surface area contributed by atoms with Crippen LogP contribution in [-0.4, -0.2) is 62.8 Å². The first kappa shape index (κ1) is 21.3. The second-order valence-corrected chi connectivity index (χ2v) is 9.91. The molecule has 6 nitrogen and oxygen atoms in total. The lowest BCUT2D eigenvalue weighted by molar-refractivity contribution is -0.121. The van der Waals surface area contributed by atoms with Gasteiger partial charge in [-0.3, -0.25) is 4.79 Å². The number of sulfonamides is 1. The van der Waals surface area contributed by atoms with Gasteiger partial charge in [0.15, 0.2) is 0 Å². The van der Waals surface area contributed by atoms with Crippen molar-refractivity contribution in [1.29, 1.82) is 0 Å². The van der Waals surface area contributed by atoms with Gasteiger partial charge in [0.2, 0.25) is 15.9 Å². The van der Waals surface area contributed by atoms with Crippen LogP contribution in [0.3, 0.4) is 0 Å². The summed E-state index contributed by atoms with van der Waals surface area (Å²) < 4.78 is 27.2. The van der Waals surface area contributed by atoms with E-state index in [9.17, 15) is 13.2 Å². The molecule has 156 valence electrons. The molecular formula is C21H33N3O3S. The van der Waals surface area contributed by atoms with Crippen molar-refractivity contribution in [3.05, 3.63) is 30.3 Å². The van der Waals surface area contributed by atoms with Crippen molar-refractivity contribution >= 4 is 15.9 Å².